The second-order valence-electron chi connectivity index (χ2n) is 4.87. The number of hydrogen-bond donors (Lipinski definition) is 0. The van der Waals surface area contributed by atoms with Crippen LogP contribution >= 0.6 is 34.5 Å². The Kier molecular flexibility index (Phi) is 5.67. The second kappa shape index (κ2) is 7.31. The Morgan fingerprint density at radius 2 is 2.05 bits per heavy atom. The molecule has 2 aromatic rings. The molecule has 0 saturated carbocycles. The monoisotopic (exact) mass is 357 g/mol. The minimum atomic E-state index is 0.264. The maximum absolute atomic E-state index is 5.90. The molecule has 1 heterocycles. The van der Waals surface area contributed by atoms with Crippen LogP contribution in [-0.4, -0.2) is 29.8 Å². The summed E-state index contributed by atoms with van der Waals surface area (Å²) in [5.41, 5.74) is 2.91. The molecule has 2 rings (SSSR count). The van der Waals surface area contributed by atoms with Crippen LogP contribution in [0.4, 0.5) is 5.69 Å². The minimum Gasteiger partial charge on any atom is -0.431 e. The van der Waals surface area contributed by atoms with E-state index >= 15 is 0 Å². The lowest BCUT2D eigenvalue weighted by atomic mass is 10.1. The van der Waals surface area contributed by atoms with Crippen LogP contribution in [0.3, 0.4) is 0 Å². The van der Waals surface area contributed by atoms with E-state index in [0.717, 1.165) is 29.1 Å². The maximum atomic E-state index is 5.90. The largest absolute Gasteiger partial charge is 0.431 e. The third kappa shape index (κ3) is 4.12. The molecule has 4 nitrogen and oxygen atoms in total. The summed E-state index contributed by atoms with van der Waals surface area (Å²) in [6.45, 7) is 6.94. The molecule has 0 radical (unpaired) electrons. The molecule has 0 aliphatic rings. The Hall–Kier alpha value is -1.30. The van der Waals surface area contributed by atoms with Crippen LogP contribution in [0.25, 0.3) is 0 Å². The van der Waals surface area contributed by atoms with Gasteiger partial charge in [-0.1, -0.05) is 34.5 Å². The predicted molar refractivity (Wildman–Crippen MR) is 94.6 cm³/mol. The van der Waals surface area contributed by atoms with Crippen molar-refractivity contribution in [2.75, 3.05) is 13.6 Å². The Balaban J connectivity index is 2.24. The molecule has 22 heavy (non-hydrogen) atoms. The van der Waals surface area contributed by atoms with Crippen molar-refractivity contribution in [1.82, 2.24) is 9.88 Å². The average molecular weight is 358 g/mol. The van der Waals surface area contributed by atoms with Gasteiger partial charge in [0.15, 0.2) is 5.15 Å². The molecule has 0 aliphatic carbocycles. The Bertz CT molecular complexity index is 681. The number of halogens is 2. The van der Waals surface area contributed by atoms with E-state index in [4.69, 9.17) is 27.9 Å². The van der Waals surface area contributed by atoms with Gasteiger partial charge in [-0.25, -0.2) is 4.99 Å². The fourth-order valence-corrected chi connectivity index (χ4v) is 2.70. The molecule has 0 N–H and O–H groups in total. The molecule has 1 aromatic heterocycles. The van der Waals surface area contributed by atoms with E-state index in [1.807, 2.05) is 44.3 Å². The van der Waals surface area contributed by atoms with Gasteiger partial charge >= 0.3 is 0 Å². The van der Waals surface area contributed by atoms with Gasteiger partial charge in [0.25, 0.3) is 5.19 Å². The molecular formula is C15H17Cl2N3OS. The number of aliphatic imine (C=N–C) groups is 1. The molecule has 7 heteroatoms. The molecule has 0 bridgehead atoms. The fourth-order valence-electron chi connectivity index (χ4n) is 1.67. The molecule has 0 fully saturated rings. The van der Waals surface area contributed by atoms with Crippen LogP contribution in [0.15, 0.2) is 17.1 Å². The van der Waals surface area contributed by atoms with Crippen molar-refractivity contribution in [3.05, 3.63) is 32.7 Å². The third-order valence-electron chi connectivity index (χ3n) is 3.11. The first-order chi connectivity index (χ1) is 10.4. The summed E-state index contributed by atoms with van der Waals surface area (Å²) < 4.78 is 6.20. The Morgan fingerprint density at radius 1 is 1.32 bits per heavy atom. The van der Waals surface area contributed by atoms with Crippen LogP contribution in [0, 0.1) is 13.8 Å². The van der Waals surface area contributed by atoms with Crippen molar-refractivity contribution >= 4 is 46.6 Å². The summed E-state index contributed by atoms with van der Waals surface area (Å²) in [6, 6.07) is 3.93. The number of ether oxygens (including phenoxy) is 1. The number of aryl methyl sites for hydroxylation is 2. The van der Waals surface area contributed by atoms with Crippen LogP contribution in [-0.2, 0) is 0 Å². The number of aromatic nitrogens is 1. The smallest absolute Gasteiger partial charge is 0.281 e. The average Bonchev–Trinajstić information content (AvgIpc) is 2.79. The first kappa shape index (κ1) is 17.1. The maximum Gasteiger partial charge on any atom is 0.281 e. The van der Waals surface area contributed by atoms with Crippen LogP contribution in [0.1, 0.15) is 18.1 Å². The van der Waals surface area contributed by atoms with E-state index in [2.05, 4.69) is 16.9 Å². The topological polar surface area (TPSA) is 37.7 Å². The number of hydrogen-bond acceptors (Lipinski definition) is 4. The summed E-state index contributed by atoms with van der Waals surface area (Å²) in [6.07, 6.45) is 1.82. The molecule has 1 aromatic carbocycles. The number of thiazole rings is 1. The van der Waals surface area contributed by atoms with Crippen molar-refractivity contribution in [1.29, 1.82) is 0 Å². The first-order valence-corrected chi connectivity index (χ1v) is 8.33. The third-order valence-corrected chi connectivity index (χ3v) is 4.73. The summed E-state index contributed by atoms with van der Waals surface area (Å²) in [5, 5.41) is 0.694. The normalized spacial score (nSPS) is 11.2. The van der Waals surface area contributed by atoms with Crippen LogP contribution < -0.4 is 4.74 Å². The molecule has 0 aliphatic heterocycles. The van der Waals surface area contributed by atoms with Crippen molar-refractivity contribution < 1.29 is 4.74 Å². The SMILES string of the molecule is CCN(C)C=Nc1cc(C)c(Oc2nc(Cl)c(Cl)s2)cc1C. The summed E-state index contributed by atoms with van der Waals surface area (Å²) in [7, 11) is 1.99. The van der Waals surface area contributed by atoms with E-state index < -0.39 is 0 Å². The summed E-state index contributed by atoms with van der Waals surface area (Å²) in [5.74, 6) is 0.724. The van der Waals surface area contributed by atoms with Gasteiger partial charge in [0.1, 0.15) is 10.1 Å². The molecule has 118 valence electrons. The van der Waals surface area contributed by atoms with E-state index in [0.29, 0.717) is 9.53 Å². The highest BCUT2D eigenvalue weighted by atomic mass is 35.5. The standard InChI is InChI=1S/C15H17Cl2N3OS/c1-5-20(4)8-18-11-6-10(3)12(7-9(11)2)21-15-19-13(16)14(17)22-15/h6-8H,5H2,1-4H3. The van der Waals surface area contributed by atoms with Gasteiger partial charge in [0.2, 0.25) is 0 Å². The van der Waals surface area contributed by atoms with Crippen molar-refractivity contribution in [3.63, 3.8) is 0 Å². The lowest BCUT2D eigenvalue weighted by molar-refractivity contribution is 0.475. The van der Waals surface area contributed by atoms with Crippen molar-refractivity contribution in [3.8, 4) is 10.9 Å². The second-order valence-corrected chi connectivity index (χ2v) is 6.79. The van der Waals surface area contributed by atoms with Gasteiger partial charge < -0.3 is 9.64 Å². The molecule has 0 saturated heterocycles. The first-order valence-electron chi connectivity index (χ1n) is 6.76. The lowest BCUT2D eigenvalue weighted by Crippen LogP contribution is -2.14. The van der Waals surface area contributed by atoms with Gasteiger partial charge in [-0.15, -0.1) is 0 Å². The van der Waals surface area contributed by atoms with E-state index in [1.165, 1.54) is 11.3 Å². The van der Waals surface area contributed by atoms with Gasteiger partial charge in [-0.05, 0) is 44.0 Å². The van der Waals surface area contributed by atoms with Gasteiger partial charge in [0, 0.05) is 13.6 Å². The zero-order chi connectivity index (χ0) is 16.3. The fraction of sp³-hybridized carbons (Fsp3) is 0.333. The summed E-state index contributed by atoms with van der Waals surface area (Å²) >= 11 is 12.9. The lowest BCUT2D eigenvalue weighted by Gasteiger charge is -2.11. The van der Waals surface area contributed by atoms with Crippen molar-refractivity contribution in [2.45, 2.75) is 20.8 Å². The zero-order valence-electron chi connectivity index (χ0n) is 12.9. The quantitative estimate of drug-likeness (QED) is 0.525. The molecule has 0 atom stereocenters. The summed E-state index contributed by atoms with van der Waals surface area (Å²) in [4.78, 5) is 10.6. The van der Waals surface area contributed by atoms with Gasteiger partial charge in [0.05, 0.1) is 12.0 Å². The van der Waals surface area contributed by atoms with Gasteiger partial charge in [-0.2, -0.15) is 4.98 Å². The van der Waals surface area contributed by atoms with Crippen molar-refractivity contribution in [2.24, 2.45) is 4.99 Å². The number of benzene rings is 1. The van der Waals surface area contributed by atoms with Crippen LogP contribution in [0.5, 0.6) is 10.9 Å². The molecular weight excluding hydrogens is 341 g/mol. The molecule has 0 unspecified atom stereocenters. The number of rotatable bonds is 5. The highest BCUT2D eigenvalue weighted by molar-refractivity contribution is 7.18. The van der Waals surface area contributed by atoms with E-state index in [9.17, 15) is 0 Å². The Morgan fingerprint density at radius 3 is 2.64 bits per heavy atom. The van der Waals surface area contributed by atoms with E-state index in [-0.39, 0.29) is 5.15 Å². The molecule has 0 amide bonds. The zero-order valence-corrected chi connectivity index (χ0v) is 15.2. The molecule has 0 spiro atoms. The predicted octanol–water partition coefficient (Wildman–Crippen LogP) is 5.47. The van der Waals surface area contributed by atoms with Crippen LogP contribution in [0.2, 0.25) is 9.49 Å². The van der Waals surface area contributed by atoms with E-state index in [1.54, 1.807) is 0 Å². The van der Waals surface area contributed by atoms with Gasteiger partial charge in [-0.3, -0.25) is 0 Å². The highest BCUT2D eigenvalue weighted by Gasteiger charge is 2.11. The number of nitrogens with zero attached hydrogens (tertiary/aromatic N) is 3. The highest BCUT2D eigenvalue weighted by Crippen LogP contribution is 2.37. The Labute approximate surface area is 144 Å². The minimum absolute atomic E-state index is 0.264.